The highest BCUT2D eigenvalue weighted by molar-refractivity contribution is 5.79. The molecule has 0 unspecified atom stereocenters. The molecule has 0 aromatic heterocycles. The van der Waals surface area contributed by atoms with E-state index in [1.54, 1.807) is 20.8 Å². The second kappa shape index (κ2) is 7.55. The first-order chi connectivity index (χ1) is 10.9. The number of carbonyl (C=O) groups excluding carboxylic acids is 1. The van der Waals surface area contributed by atoms with Crippen molar-refractivity contribution in [1.29, 1.82) is 0 Å². The van der Waals surface area contributed by atoms with Crippen LogP contribution in [0.15, 0.2) is 24.3 Å². The topological polar surface area (TPSA) is 72.8 Å². The number of benzene rings is 1. The summed E-state index contributed by atoms with van der Waals surface area (Å²) in [5.41, 5.74) is -0.437. The third-order valence-corrected chi connectivity index (χ3v) is 2.80. The summed E-state index contributed by atoms with van der Waals surface area (Å²) < 4.78 is 45.5. The molecule has 1 aromatic carbocycles. The first kappa shape index (κ1) is 19.8. The second-order valence-electron chi connectivity index (χ2n) is 6.23. The van der Waals surface area contributed by atoms with E-state index in [4.69, 9.17) is 4.74 Å². The van der Waals surface area contributed by atoms with Gasteiger partial charge in [-0.05, 0) is 44.9 Å². The Labute approximate surface area is 137 Å². The number of ether oxygens (including phenoxy) is 2. The molecule has 0 bridgehead atoms. The largest absolute Gasteiger partial charge is 0.573 e. The molecule has 0 heterocycles. The molecular weight excluding hydrogens is 329 g/mol. The van der Waals surface area contributed by atoms with Crippen LogP contribution in [0.3, 0.4) is 0 Å². The molecule has 8 heteroatoms. The number of carboxylic acid groups (broad SMARTS) is 1. The van der Waals surface area contributed by atoms with Gasteiger partial charge < -0.3 is 14.6 Å². The van der Waals surface area contributed by atoms with Gasteiger partial charge in [0.2, 0.25) is 0 Å². The van der Waals surface area contributed by atoms with Crippen molar-refractivity contribution >= 4 is 11.9 Å². The van der Waals surface area contributed by atoms with Crippen LogP contribution in [0.2, 0.25) is 0 Å². The zero-order valence-corrected chi connectivity index (χ0v) is 13.5. The highest BCUT2D eigenvalue weighted by atomic mass is 19.4. The lowest BCUT2D eigenvalue weighted by atomic mass is 9.96. The molecule has 0 aliphatic carbocycles. The van der Waals surface area contributed by atoms with E-state index in [9.17, 15) is 27.9 Å². The van der Waals surface area contributed by atoms with Crippen molar-refractivity contribution in [2.24, 2.45) is 5.92 Å². The van der Waals surface area contributed by atoms with Gasteiger partial charge in [-0.2, -0.15) is 0 Å². The van der Waals surface area contributed by atoms with Crippen molar-refractivity contribution in [1.82, 2.24) is 0 Å². The Morgan fingerprint density at radius 3 is 2.33 bits per heavy atom. The van der Waals surface area contributed by atoms with Crippen LogP contribution >= 0.6 is 0 Å². The quantitative estimate of drug-likeness (QED) is 0.796. The Balaban J connectivity index is 2.80. The zero-order chi connectivity index (χ0) is 18.5. The van der Waals surface area contributed by atoms with Crippen LogP contribution in [0, 0.1) is 5.92 Å². The average Bonchev–Trinajstić information content (AvgIpc) is 2.33. The predicted octanol–water partition coefficient (Wildman–Crippen LogP) is 3.56. The van der Waals surface area contributed by atoms with E-state index >= 15 is 0 Å². The predicted molar refractivity (Wildman–Crippen MR) is 78.4 cm³/mol. The Morgan fingerprint density at radius 2 is 1.83 bits per heavy atom. The van der Waals surface area contributed by atoms with Crippen molar-refractivity contribution in [2.45, 2.75) is 45.6 Å². The smallest absolute Gasteiger partial charge is 0.481 e. The maximum absolute atomic E-state index is 12.2. The first-order valence-electron chi connectivity index (χ1n) is 7.15. The van der Waals surface area contributed by atoms with Crippen molar-refractivity contribution < 1.29 is 37.3 Å². The lowest BCUT2D eigenvalue weighted by molar-refractivity contribution is -0.274. The fourth-order valence-corrected chi connectivity index (χ4v) is 1.99. The summed E-state index contributed by atoms with van der Waals surface area (Å²) in [6, 6.07) is 5.00. The Kier molecular flexibility index (Phi) is 6.22. The maximum Gasteiger partial charge on any atom is 0.573 e. The minimum absolute atomic E-state index is 0.121. The van der Waals surface area contributed by atoms with E-state index in [-0.39, 0.29) is 12.8 Å². The number of carbonyl (C=O) groups is 2. The summed E-state index contributed by atoms with van der Waals surface area (Å²) in [6.45, 7) is 4.95. The fourth-order valence-electron chi connectivity index (χ4n) is 1.99. The van der Waals surface area contributed by atoms with E-state index in [2.05, 4.69) is 4.74 Å². The standard InChI is InChI=1S/C16H19F3O5/c1-15(2,3)24-13(20)9-11(14(21)22)7-10-5-4-6-12(8-10)23-16(17,18)19/h4-6,8,11H,7,9H2,1-3H3,(H,21,22)/t11-/m1/s1. The summed E-state index contributed by atoms with van der Waals surface area (Å²) >= 11 is 0. The number of esters is 1. The molecule has 0 spiro atoms. The number of alkyl halides is 3. The molecule has 1 N–H and O–H groups in total. The van der Waals surface area contributed by atoms with Gasteiger partial charge in [0.1, 0.15) is 11.4 Å². The molecule has 134 valence electrons. The Morgan fingerprint density at radius 1 is 1.21 bits per heavy atom. The third-order valence-electron chi connectivity index (χ3n) is 2.80. The van der Waals surface area contributed by atoms with Crippen LogP contribution in [-0.2, 0) is 20.7 Å². The van der Waals surface area contributed by atoms with E-state index in [1.807, 2.05) is 0 Å². The van der Waals surface area contributed by atoms with Gasteiger partial charge in [0.05, 0.1) is 12.3 Å². The van der Waals surface area contributed by atoms with Gasteiger partial charge in [-0.25, -0.2) is 0 Å². The molecule has 0 radical (unpaired) electrons. The molecule has 0 saturated carbocycles. The number of aliphatic carboxylic acids is 1. The van der Waals surface area contributed by atoms with Gasteiger partial charge in [0, 0.05) is 0 Å². The van der Waals surface area contributed by atoms with Gasteiger partial charge in [-0.1, -0.05) is 12.1 Å². The van der Waals surface area contributed by atoms with Crippen LogP contribution in [0.4, 0.5) is 13.2 Å². The third kappa shape index (κ3) is 7.85. The molecule has 24 heavy (non-hydrogen) atoms. The van der Waals surface area contributed by atoms with Gasteiger partial charge in [-0.15, -0.1) is 13.2 Å². The number of hydrogen-bond donors (Lipinski definition) is 1. The lowest BCUT2D eigenvalue weighted by Gasteiger charge is -2.21. The minimum atomic E-state index is -4.83. The highest BCUT2D eigenvalue weighted by Gasteiger charge is 2.31. The SMILES string of the molecule is CC(C)(C)OC(=O)C[C@@H](Cc1cccc(OC(F)(F)F)c1)C(=O)O. The molecule has 1 aromatic rings. The summed E-state index contributed by atoms with van der Waals surface area (Å²) in [4.78, 5) is 23.1. The summed E-state index contributed by atoms with van der Waals surface area (Å²) in [6.07, 6.45) is -5.33. The van der Waals surface area contributed by atoms with Crippen LogP contribution in [0.5, 0.6) is 5.75 Å². The number of halogens is 3. The zero-order valence-electron chi connectivity index (χ0n) is 13.5. The van der Waals surface area contributed by atoms with Gasteiger partial charge in [-0.3, -0.25) is 9.59 Å². The highest BCUT2D eigenvalue weighted by Crippen LogP contribution is 2.25. The van der Waals surface area contributed by atoms with Crippen LogP contribution in [-0.4, -0.2) is 29.0 Å². The van der Waals surface area contributed by atoms with E-state index in [0.29, 0.717) is 5.56 Å². The number of hydrogen-bond acceptors (Lipinski definition) is 4. The summed E-state index contributed by atoms with van der Waals surface area (Å²) in [5.74, 6) is -3.47. The molecular formula is C16H19F3O5. The van der Waals surface area contributed by atoms with Crippen molar-refractivity contribution in [3.63, 3.8) is 0 Å². The summed E-state index contributed by atoms with van der Waals surface area (Å²) in [5, 5.41) is 9.22. The summed E-state index contributed by atoms with van der Waals surface area (Å²) in [7, 11) is 0. The van der Waals surface area contributed by atoms with Crippen LogP contribution < -0.4 is 4.74 Å². The van der Waals surface area contributed by atoms with Gasteiger partial charge in [0.25, 0.3) is 0 Å². The maximum atomic E-state index is 12.2. The fraction of sp³-hybridized carbons (Fsp3) is 0.500. The van der Waals surface area contributed by atoms with Crippen LogP contribution in [0.25, 0.3) is 0 Å². The van der Waals surface area contributed by atoms with E-state index in [0.717, 1.165) is 12.1 Å². The van der Waals surface area contributed by atoms with Crippen molar-refractivity contribution in [3.05, 3.63) is 29.8 Å². The van der Waals surface area contributed by atoms with Crippen molar-refractivity contribution in [2.75, 3.05) is 0 Å². The van der Waals surface area contributed by atoms with Gasteiger partial charge in [0.15, 0.2) is 0 Å². The van der Waals surface area contributed by atoms with Crippen LogP contribution in [0.1, 0.15) is 32.8 Å². The molecule has 0 aliphatic rings. The minimum Gasteiger partial charge on any atom is -0.481 e. The second-order valence-corrected chi connectivity index (χ2v) is 6.23. The molecule has 0 fully saturated rings. The molecule has 1 atom stereocenters. The van der Waals surface area contributed by atoms with Crippen molar-refractivity contribution in [3.8, 4) is 5.75 Å². The molecule has 0 saturated heterocycles. The Hall–Kier alpha value is -2.25. The van der Waals surface area contributed by atoms with E-state index in [1.165, 1.54) is 12.1 Å². The average molecular weight is 348 g/mol. The molecule has 0 aliphatic heterocycles. The molecule has 5 nitrogen and oxygen atoms in total. The molecule has 0 amide bonds. The lowest BCUT2D eigenvalue weighted by Crippen LogP contribution is -2.28. The molecule has 1 rings (SSSR count). The normalized spacial score (nSPS) is 13.2. The monoisotopic (exact) mass is 348 g/mol. The van der Waals surface area contributed by atoms with Gasteiger partial charge >= 0.3 is 18.3 Å². The first-order valence-corrected chi connectivity index (χ1v) is 7.15. The number of rotatable bonds is 6. The Bertz CT molecular complexity index is 590. The van der Waals surface area contributed by atoms with E-state index < -0.39 is 35.6 Å². The number of carboxylic acids is 1.